The Morgan fingerprint density at radius 3 is 2.34 bits per heavy atom. The topological polar surface area (TPSA) is 112 Å². The Labute approximate surface area is 241 Å². The largest absolute Gasteiger partial charge is 0.497 e. The number of carbonyl (C=O) groups excluding carboxylic acids is 1. The van der Waals surface area contributed by atoms with Crippen molar-refractivity contribution in [3.63, 3.8) is 0 Å². The molecule has 0 bridgehead atoms. The Morgan fingerprint density at radius 2 is 1.71 bits per heavy atom. The molecule has 4 rings (SSSR count). The first-order valence-electron chi connectivity index (χ1n) is 13.9. The number of methoxy groups -OCH3 is 3. The van der Waals surface area contributed by atoms with Gasteiger partial charge in [-0.05, 0) is 43.5 Å². The van der Waals surface area contributed by atoms with E-state index < -0.39 is 5.97 Å². The molecule has 0 spiro atoms. The monoisotopic (exact) mass is 567 g/mol. The highest BCUT2D eigenvalue weighted by atomic mass is 16.5. The predicted molar refractivity (Wildman–Crippen MR) is 155 cm³/mol. The summed E-state index contributed by atoms with van der Waals surface area (Å²) < 4.78 is 24.1. The van der Waals surface area contributed by atoms with Gasteiger partial charge in [-0.3, -0.25) is 14.3 Å². The second kappa shape index (κ2) is 15.0. The van der Waals surface area contributed by atoms with Gasteiger partial charge in [0.2, 0.25) is 0 Å². The Hall–Kier alpha value is -4.21. The fourth-order valence-electron chi connectivity index (χ4n) is 4.46. The summed E-state index contributed by atoms with van der Waals surface area (Å²) in [6, 6.07) is 12.9. The molecule has 222 valence electrons. The van der Waals surface area contributed by atoms with Crippen molar-refractivity contribution in [2.45, 2.75) is 58.5 Å². The molecule has 1 amide bonds. The lowest BCUT2D eigenvalue weighted by molar-refractivity contribution is -0.137. The molecule has 3 aromatic rings. The molecule has 1 aromatic heterocycles. The number of aryl methyl sites for hydroxylation is 1. The van der Waals surface area contributed by atoms with Gasteiger partial charge in [0.05, 0.1) is 46.7 Å². The number of rotatable bonds is 14. The van der Waals surface area contributed by atoms with E-state index in [1.165, 1.54) is 0 Å². The van der Waals surface area contributed by atoms with Gasteiger partial charge >= 0.3 is 5.97 Å². The quantitative estimate of drug-likeness (QED) is 0.257. The molecule has 0 aliphatic heterocycles. The summed E-state index contributed by atoms with van der Waals surface area (Å²) in [5.41, 5.74) is 3.01. The summed E-state index contributed by atoms with van der Waals surface area (Å²) in [5, 5.41) is 13.5. The van der Waals surface area contributed by atoms with Crippen molar-refractivity contribution in [3.8, 4) is 23.0 Å². The van der Waals surface area contributed by atoms with Crippen molar-refractivity contribution in [1.29, 1.82) is 0 Å². The molecule has 2 aromatic carbocycles. The number of benzene rings is 2. The van der Waals surface area contributed by atoms with Gasteiger partial charge < -0.3 is 29.0 Å². The first-order valence-corrected chi connectivity index (χ1v) is 13.9. The van der Waals surface area contributed by atoms with E-state index in [-0.39, 0.29) is 32.0 Å². The van der Waals surface area contributed by atoms with Gasteiger partial charge in [-0.1, -0.05) is 26.0 Å². The summed E-state index contributed by atoms with van der Waals surface area (Å²) in [4.78, 5) is 26.6. The minimum absolute atomic E-state index is 0.0154. The minimum atomic E-state index is -0.873. The van der Waals surface area contributed by atoms with Crippen LogP contribution in [-0.2, 0) is 24.9 Å². The molecule has 1 saturated carbocycles. The van der Waals surface area contributed by atoms with Crippen molar-refractivity contribution >= 4 is 11.9 Å². The zero-order valence-corrected chi connectivity index (χ0v) is 24.8. The summed E-state index contributed by atoms with van der Waals surface area (Å²) in [6.07, 6.45) is 2.57. The number of aliphatic carboxylic acids is 1. The summed E-state index contributed by atoms with van der Waals surface area (Å²) in [5.74, 6) is 1.62. The van der Waals surface area contributed by atoms with Crippen LogP contribution in [-0.4, -0.2) is 59.6 Å². The highest BCUT2D eigenvalue weighted by Crippen LogP contribution is 2.40. The highest BCUT2D eigenvalue weighted by molar-refractivity contribution is 5.92. The number of carboxylic acid groups (broad SMARTS) is 1. The second-order valence-corrected chi connectivity index (χ2v) is 9.49. The van der Waals surface area contributed by atoms with Crippen LogP contribution in [0.15, 0.2) is 42.5 Å². The summed E-state index contributed by atoms with van der Waals surface area (Å²) in [6.45, 7) is 4.73. The van der Waals surface area contributed by atoms with Crippen LogP contribution in [0, 0.1) is 0 Å². The number of nitrogens with zero attached hydrogens (tertiary/aromatic N) is 3. The molecule has 1 N–H and O–H groups in total. The summed E-state index contributed by atoms with van der Waals surface area (Å²) >= 11 is 0. The average molecular weight is 568 g/mol. The van der Waals surface area contributed by atoms with E-state index in [4.69, 9.17) is 24.1 Å². The van der Waals surface area contributed by atoms with Crippen LogP contribution in [0.3, 0.4) is 0 Å². The van der Waals surface area contributed by atoms with Gasteiger partial charge in [0.25, 0.3) is 5.91 Å². The maximum absolute atomic E-state index is 14.0. The normalized spacial score (nSPS) is 12.1. The van der Waals surface area contributed by atoms with Crippen molar-refractivity contribution in [2.24, 2.45) is 7.05 Å². The Balaban J connectivity index is 0.00000226. The molecular weight excluding hydrogens is 526 g/mol. The number of aromatic nitrogens is 2. The maximum Gasteiger partial charge on any atom is 0.303 e. The van der Waals surface area contributed by atoms with E-state index in [2.05, 4.69) is 5.10 Å². The third-order valence-electron chi connectivity index (χ3n) is 6.67. The van der Waals surface area contributed by atoms with Crippen molar-refractivity contribution < 1.29 is 33.6 Å². The molecule has 41 heavy (non-hydrogen) atoms. The Morgan fingerprint density at radius 1 is 0.976 bits per heavy atom. The van der Waals surface area contributed by atoms with Crippen LogP contribution in [0.25, 0.3) is 0 Å². The smallest absolute Gasteiger partial charge is 0.303 e. The number of hydrogen-bond acceptors (Lipinski definition) is 7. The number of para-hydroxylation sites is 1. The SMILES string of the molecule is CC.COc1ccc(CN(Cc2cccc(OCCCC(=O)O)c2OC)C(=O)c2cc(C3CC3)nn2C)c(OC)c1. The molecule has 10 nitrogen and oxygen atoms in total. The zero-order valence-electron chi connectivity index (χ0n) is 24.8. The van der Waals surface area contributed by atoms with Crippen molar-refractivity contribution in [1.82, 2.24) is 14.7 Å². The number of ether oxygens (including phenoxy) is 4. The fourth-order valence-corrected chi connectivity index (χ4v) is 4.46. The fraction of sp³-hybridized carbons (Fsp3) is 0.452. The van der Waals surface area contributed by atoms with E-state index in [0.717, 1.165) is 29.7 Å². The zero-order chi connectivity index (χ0) is 29.9. The van der Waals surface area contributed by atoms with E-state index in [9.17, 15) is 9.59 Å². The molecule has 1 heterocycles. The molecule has 1 fully saturated rings. The molecular formula is C31H41N3O7. The molecule has 1 aliphatic carbocycles. The first-order chi connectivity index (χ1) is 19.8. The lowest BCUT2D eigenvalue weighted by Gasteiger charge is -2.25. The molecule has 0 unspecified atom stereocenters. The minimum Gasteiger partial charge on any atom is -0.497 e. The van der Waals surface area contributed by atoms with Gasteiger partial charge in [-0.15, -0.1) is 0 Å². The number of carboxylic acids is 1. The standard InChI is InChI=1S/C29H35N3O7.C2H6/c1-31-24(16-23(30-31)19-10-11-19)29(35)32(17-20-12-13-22(36-2)15-26(20)37-3)18-21-7-5-8-25(28(21)38-4)39-14-6-9-27(33)34;1-2/h5,7-8,12-13,15-16,19H,6,9-11,14,17-18H2,1-4H3,(H,33,34);1-2H3. The van der Waals surface area contributed by atoms with Crippen LogP contribution in [0.2, 0.25) is 0 Å². The number of hydrogen-bond donors (Lipinski definition) is 1. The maximum atomic E-state index is 14.0. The number of carbonyl (C=O) groups is 2. The van der Waals surface area contributed by atoms with E-state index in [1.807, 2.05) is 44.2 Å². The van der Waals surface area contributed by atoms with Crippen molar-refractivity contribution in [3.05, 3.63) is 65.0 Å². The van der Waals surface area contributed by atoms with Crippen LogP contribution in [0.4, 0.5) is 0 Å². The second-order valence-electron chi connectivity index (χ2n) is 9.49. The van der Waals surface area contributed by atoms with Crippen LogP contribution < -0.4 is 18.9 Å². The molecule has 0 atom stereocenters. The lowest BCUT2D eigenvalue weighted by atomic mass is 10.1. The number of amides is 1. The van der Waals surface area contributed by atoms with Gasteiger partial charge in [-0.25, -0.2) is 0 Å². The van der Waals surface area contributed by atoms with Crippen LogP contribution >= 0.6 is 0 Å². The van der Waals surface area contributed by atoms with Crippen molar-refractivity contribution in [2.75, 3.05) is 27.9 Å². The van der Waals surface area contributed by atoms with E-state index in [0.29, 0.717) is 41.0 Å². The van der Waals surface area contributed by atoms with Gasteiger partial charge in [0.1, 0.15) is 17.2 Å². The third kappa shape index (κ3) is 8.15. The van der Waals surface area contributed by atoms with Crippen LogP contribution in [0.5, 0.6) is 23.0 Å². The van der Waals surface area contributed by atoms with Gasteiger partial charge in [0, 0.05) is 36.6 Å². The van der Waals surface area contributed by atoms with Gasteiger partial charge in [0.15, 0.2) is 11.5 Å². The van der Waals surface area contributed by atoms with Crippen LogP contribution in [0.1, 0.15) is 72.8 Å². The van der Waals surface area contributed by atoms with Gasteiger partial charge in [-0.2, -0.15) is 5.10 Å². The third-order valence-corrected chi connectivity index (χ3v) is 6.67. The molecule has 0 saturated heterocycles. The average Bonchev–Trinajstić information content (AvgIpc) is 3.77. The molecule has 1 aliphatic rings. The Bertz CT molecular complexity index is 1320. The lowest BCUT2D eigenvalue weighted by Crippen LogP contribution is -2.32. The summed E-state index contributed by atoms with van der Waals surface area (Å²) in [7, 11) is 6.51. The molecule has 0 radical (unpaired) electrons. The predicted octanol–water partition coefficient (Wildman–Crippen LogP) is 5.44. The molecule has 10 heteroatoms. The van der Waals surface area contributed by atoms with E-state index in [1.54, 1.807) is 50.1 Å². The van der Waals surface area contributed by atoms with E-state index >= 15 is 0 Å². The Kier molecular flexibility index (Phi) is 11.4. The highest BCUT2D eigenvalue weighted by Gasteiger charge is 2.30. The first kappa shape index (κ1) is 31.3.